The maximum atomic E-state index is 14.2. The molecule has 1 heterocycles. The molecule has 0 aliphatic heterocycles. The lowest BCUT2D eigenvalue weighted by Crippen LogP contribution is -2.14. The summed E-state index contributed by atoms with van der Waals surface area (Å²) >= 11 is 0. The minimum atomic E-state index is -4.24. The van der Waals surface area contributed by atoms with Gasteiger partial charge in [0.15, 0.2) is 0 Å². The third-order valence-electron chi connectivity index (χ3n) is 8.30. The topological polar surface area (TPSA) is 73.6 Å². The first kappa shape index (κ1) is 33.7. The number of hydrogen-bond donors (Lipinski definition) is 0. The summed E-state index contributed by atoms with van der Waals surface area (Å²) in [5.74, 6) is 0. The van der Waals surface area contributed by atoms with Crippen LogP contribution in [-0.2, 0) is 20.2 Å². The molecule has 46 heavy (non-hydrogen) atoms. The fraction of sp³-hybridized carbons (Fsp3) is 0.308. The van der Waals surface area contributed by atoms with Crippen LogP contribution < -0.4 is 5.63 Å². The summed E-state index contributed by atoms with van der Waals surface area (Å²) in [5.41, 5.74) is 1.01. The highest BCUT2D eigenvalue weighted by atomic mass is 32.3. The van der Waals surface area contributed by atoms with Gasteiger partial charge >= 0.3 is 15.7 Å². The molecule has 0 bridgehead atoms. The molecule has 4 aromatic carbocycles. The third kappa shape index (κ3) is 8.38. The average molecular weight is 657 g/mol. The van der Waals surface area contributed by atoms with Gasteiger partial charge in [0.1, 0.15) is 5.58 Å². The van der Waals surface area contributed by atoms with Crippen LogP contribution in [0.1, 0.15) is 76.7 Å². The second-order valence-corrected chi connectivity index (χ2v) is 16.2. The van der Waals surface area contributed by atoms with E-state index in [-0.39, 0.29) is 4.90 Å². The number of rotatable bonds is 17. The fourth-order valence-corrected chi connectivity index (χ4v) is 11.0. The van der Waals surface area contributed by atoms with Gasteiger partial charge in [-0.15, -0.1) is 0 Å². The molecular weight excluding hydrogens is 613 g/mol. The Labute approximate surface area is 275 Å². The van der Waals surface area contributed by atoms with Gasteiger partial charge in [-0.05, 0) is 83.3 Å². The maximum absolute atomic E-state index is 14.2. The molecule has 0 aliphatic rings. The van der Waals surface area contributed by atoms with E-state index in [1.54, 1.807) is 24.3 Å². The van der Waals surface area contributed by atoms with E-state index in [1.165, 1.54) is 63.9 Å². The highest BCUT2D eigenvalue weighted by Crippen LogP contribution is 2.70. The van der Waals surface area contributed by atoms with E-state index >= 15 is 0 Å². The molecule has 0 aliphatic carbocycles. The first-order chi connectivity index (χ1) is 22.4. The molecule has 5 rings (SSSR count). The number of hydrogen-bond acceptors (Lipinski definition) is 5. The molecule has 0 fully saturated rings. The van der Waals surface area contributed by atoms with E-state index in [0.717, 1.165) is 23.8 Å². The molecule has 0 N–H and O–H groups in total. The molecular formula is C39H44O5S2. The van der Waals surface area contributed by atoms with E-state index in [2.05, 4.69) is 6.92 Å². The second-order valence-electron chi connectivity index (χ2n) is 11.7. The van der Waals surface area contributed by atoms with Gasteiger partial charge in [-0.1, -0.05) is 119 Å². The van der Waals surface area contributed by atoms with Crippen molar-refractivity contribution in [1.82, 2.24) is 0 Å². The van der Waals surface area contributed by atoms with Gasteiger partial charge in [0, 0.05) is 26.1 Å². The monoisotopic (exact) mass is 656 g/mol. The SMILES string of the molecule is CCCCCCCCCCCCc1ccc(S(=O)(=O)OS(c2ccccc2)(c2ccccc2)c2ccc3ccc(=O)oc3c2)cc1. The zero-order chi connectivity index (χ0) is 32.2. The minimum absolute atomic E-state index is 0.107. The zero-order valence-corrected chi connectivity index (χ0v) is 28.2. The van der Waals surface area contributed by atoms with E-state index in [1.807, 2.05) is 84.9 Å². The number of benzene rings is 4. The van der Waals surface area contributed by atoms with Crippen LogP contribution in [0, 0.1) is 0 Å². The lowest BCUT2D eigenvalue weighted by Gasteiger charge is -2.39. The third-order valence-corrected chi connectivity index (χ3v) is 13.5. The Kier molecular flexibility index (Phi) is 11.9. The summed E-state index contributed by atoms with van der Waals surface area (Å²) in [6.07, 6.45) is 13.7. The highest BCUT2D eigenvalue weighted by Gasteiger charge is 2.38. The van der Waals surface area contributed by atoms with Crippen LogP contribution in [0.15, 0.2) is 144 Å². The van der Waals surface area contributed by atoms with Crippen LogP contribution in [0.5, 0.6) is 0 Å². The van der Waals surface area contributed by atoms with Gasteiger partial charge in [0.25, 0.3) is 0 Å². The molecule has 0 atom stereocenters. The molecule has 0 amide bonds. The summed E-state index contributed by atoms with van der Waals surface area (Å²) in [7, 11) is -7.08. The molecule has 0 saturated carbocycles. The average Bonchev–Trinajstić information content (AvgIpc) is 3.08. The van der Waals surface area contributed by atoms with Gasteiger partial charge in [-0.25, -0.2) is 8.42 Å². The standard InChI is InChI=1S/C39H44O5S2/c1-2-3-4-5-6-7-8-9-10-13-18-32-23-27-36(28-24-32)46(41,42)44-45(34-19-14-11-15-20-34,35-21-16-12-17-22-35)37-29-25-33-26-30-39(40)43-38(33)31-37/h11-12,14-17,19-31H,2-10,13,18H2,1H3. The molecule has 242 valence electrons. The molecule has 0 saturated heterocycles. The van der Waals surface area contributed by atoms with Gasteiger partial charge in [0.05, 0.1) is 4.90 Å². The quantitative estimate of drug-likeness (QED) is 0.0735. The number of aryl methyl sites for hydroxylation is 1. The summed E-state index contributed by atoms with van der Waals surface area (Å²) in [5, 5.41) is 0.735. The molecule has 7 heteroatoms. The Hall–Kier alpha value is -3.65. The lowest BCUT2D eigenvalue weighted by molar-refractivity contribution is 0.508. The first-order valence-corrected chi connectivity index (χ1v) is 19.4. The minimum Gasteiger partial charge on any atom is -0.423 e. The molecule has 0 spiro atoms. The van der Waals surface area contributed by atoms with Crippen molar-refractivity contribution in [3.05, 3.63) is 131 Å². The predicted molar refractivity (Wildman–Crippen MR) is 188 cm³/mol. The second kappa shape index (κ2) is 16.3. The van der Waals surface area contributed by atoms with Crippen LogP contribution >= 0.6 is 10.3 Å². The molecule has 0 radical (unpaired) electrons. The van der Waals surface area contributed by atoms with E-state index in [0.29, 0.717) is 20.3 Å². The first-order valence-electron chi connectivity index (χ1n) is 16.4. The zero-order valence-electron chi connectivity index (χ0n) is 26.6. The normalized spacial score (nSPS) is 12.4. The van der Waals surface area contributed by atoms with Crippen LogP contribution in [0.4, 0.5) is 0 Å². The van der Waals surface area contributed by atoms with Crippen molar-refractivity contribution in [2.75, 3.05) is 0 Å². The summed E-state index contributed by atoms with van der Waals surface area (Å²) in [6.45, 7) is 2.25. The van der Waals surface area contributed by atoms with Gasteiger partial charge in [-0.3, -0.25) is 0 Å². The Morgan fingerprint density at radius 2 is 1.09 bits per heavy atom. The largest absolute Gasteiger partial charge is 0.423 e. The van der Waals surface area contributed by atoms with Crippen molar-refractivity contribution in [3.8, 4) is 0 Å². The molecule has 0 unspecified atom stereocenters. The van der Waals surface area contributed by atoms with Crippen molar-refractivity contribution in [2.24, 2.45) is 0 Å². The Morgan fingerprint density at radius 3 is 1.67 bits per heavy atom. The van der Waals surface area contributed by atoms with Gasteiger partial charge in [0.2, 0.25) is 0 Å². The highest BCUT2D eigenvalue weighted by molar-refractivity contribution is 8.33. The Bertz CT molecular complexity index is 1790. The van der Waals surface area contributed by atoms with Crippen LogP contribution in [-0.4, -0.2) is 8.42 Å². The maximum Gasteiger partial charge on any atom is 0.336 e. The smallest absolute Gasteiger partial charge is 0.336 e. The molecule has 5 aromatic rings. The number of fused-ring (bicyclic) bond motifs is 1. The van der Waals surface area contributed by atoms with Crippen molar-refractivity contribution in [2.45, 2.75) is 97.1 Å². The fourth-order valence-electron chi connectivity index (χ4n) is 5.78. The summed E-state index contributed by atoms with van der Waals surface area (Å²) in [6, 6.07) is 34.4. The van der Waals surface area contributed by atoms with E-state index in [4.69, 9.17) is 8.05 Å². The molecule has 5 nitrogen and oxygen atoms in total. The van der Waals surface area contributed by atoms with Gasteiger partial charge in [-0.2, -0.15) is 8.42 Å². The Balaban J connectivity index is 1.38. The predicted octanol–water partition coefficient (Wildman–Crippen LogP) is 10.9. The van der Waals surface area contributed by atoms with Crippen molar-refractivity contribution < 1.29 is 16.5 Å². The van der Waals surface area contributed by atoms with Crippen LogP contribution in [0.25, 0.3) is 11.0 Å². The lowest BCUT2D eigenvalue weighted by atomic mass is 10.0. The molecule has 1 aromatic heterocycles. The van der Waals surface area contributed by atoms with Crippen molar-refractivity contribution in [3.63, 3.8) is 0 Å². The van der Waals surface area contributed by atoms with Gasteiger partial charge < -0.3 is 4.42 Å². The Morgan fingerprint density at radius 1 is 0.565 bits per heavy atom. The summed E-state index contributed by atoms with van der Waals surface area (Å²) in [4.78, 5) is 14.2. The van der Waals surface area contributed by atoms with Crippen molar-refractivity contribution >= 4 is 31.4 Å². The van der Waals surface area contributed by atoms with E-state index in [9.17, 15) is 13.2 Å². The van der Waals surface area contributed by atoms with Crippen molar-refractivity contribution in [1.29, 1.82) is 0 Å². The van der Waals surface area contributed by atoms with Crippen LogP contribution in [0.3, 0.4) is 0 Å². The van der Waals surface area contributed by atoms with E-state index < -0.39 is 26.1 Å². The summed E-state index contributed by atoms with van der Waals surface area (Å²) < 4.78 is 40.3. The number of unbranched alkanes of at least 4 members (excludes halogenated alkanes) is 9. The van der Waals surface area contributed by atoms with Crippen LogP contribution in [0.2, 0.25) is 0 Å².